The lowest BCUT2D eigenvalue weighted by Crippen LogP contribution is -2.29. The Morgan fingerprint density at radius 2 is 2.10 bits per heavy atom. The summed E-state index contributed by atoms with van der Waals surface area (Å²) in [5.74, 6) is -1.17. The number of carbonyl (C=O) groups is 1. The van der Waals surface area contributed by atoms with Crippen molar-refractivity contribution in [3.8, 4) is 0 Å². The second-order valence-electron chi connectivity index (χ2n) is 3.96. The molecular weight excluding hydrogens is 309 g/mol. The summed E-state index contributed by atoms with van der Waals surface area (Å²) in [7, 11) is -2.49. The van der Waals surface area contributed by atoms with Crippen molar-refractivity contribution in [1.29, 1.82) is 0 Å². The van der Waals surface area contributed by atoms with Gasteiger partial charge in [-0.15, -0.1) is 0 Å². The number of ether oxygens (including phenoxy) is 1. The van der Waals surface area contributed by atoms with Crippen molar-refractivity contribution in [3.63, 3.8) is 0 Å². The Kier molecular flexibility index (Phi) is 5.91. The number of nitrogens with zero attached hydrogens (tertiary/aromatic N) is 1. The molecule has 0 aliphatic carbocycles. The molecule has 0 saturated heterocycles. The number of rotatable bonds is 6. The van der Waals surface area contributed by atoms with E-state index in [1.165, 1.54) is 7.05 Å². The normalized spacial score (nSPS) is 11.7. The van der Waals surface area contributed by atoms with Crippen LogP contribution in [0.25, 0.3) is 0 Å². The Hall–Kier alpha value is -1.18. The molecule has 0 aromatic heterocycles. The lowest BCUT2D eigenvalue weighted by molar-refractivity contribution is -0.143. The summed E-state index contributed by atoms with van der Waals surface area (Å²) in [5.41, 5.74) is 0. The fourth-order valence-corrected chi connectivity index (χ4v) is 2.86. The number of hydrogen-bond acceptors (Lipinski definition) is 4. The lowest BCUT2D eigenvalue weighted by Gasteiger charge is -2.16. The highest BCUT2D eigenvalue weighted by atomic mass is 35.5. The second-order valence-corrected chi connectivity index (χ2v) is 6.41. The molecule has 0 fully saturated rings. The highest BCUT2D eigenvalue weighted by molar-refractivity contribution is 7.89. The average molecular weight is 324 g/mol. The zero-order valence-corrected chi connectivity index (χ0v) is 12.7. The topological polar surface area (TPSA) is 63.7 Å². The van der Waals surface area contributed by atoms with E-state index in [0.29, 0.717) is 0 Å². The van der Waals surface area contributed by atoms with Crippen LogP contribution in [0.3, 0.4) is 0 Å². The highest BCUT2D eigenvalue weighted by Crippen LogP contribution is 2.21. The van der Waals surface area contributed by atoms with Gasteiger partial charge in [-0.3, -0.25) is 4.79 Å². The Morgan fingerprint density at radius 1 is 1.45 bits per heavy atom. The summed E-state index contributed by atoms with van der Waals surface area (Å²) < 4.78 is 43.1. The first-order valence-electron chi connectivity index (χ1n) is 5.86. The number of benzene rings is 1. The van der Waals surface area contributed by atoms with Crippen molar-refractivity contribution in [1.82, 2.24) is 4.31 Å². The van der Waals surface area contributed by atoms with E-state index >= 15 is 0 Å². The molecular formula is C12H15ClFNO4S. The third-order valence-corrected chi connectivity index (χ3v) is 4.68. The van der Waals surface area contributed by atoms with Gasteiger partial charge < -0.3 is 4.74 Å². The molecule has 0 spiro atoms. The zero-order valence-electron chi connectivity index (χ0n) is 11.1. The Morgan fingerprint density at radius 3 is 2.65 bits per heavy atom. The minimum absolute atomic E-state index is 0.0316. The minimum Gasteiger partial charge on any atom is -0.466 e. The molecule has 5 nitrogen and oxygen atoms in total. The van der Waals surface area contributed by atoms with Crippen LogP contribution in [0.4, 0.5) is 4.39 Å². The fourth-order valence-electron chi connectivity index (χ4n) is 1.42. The monoisotopic (exact) mass is 323 g/mol. The number of sulfonamides is 1. The molecule has 0 unspecified atom stereocenters. The summed E-state index contributed by atoms with van der Waals surface area (Å²) in [6.07, 6.45) is -0.0570. The summed E-state index contributed by atoms with van der Waals surface area (Å²) in [5, 5.41) is -0.273. The molecule has 1 aromatic carbocycles. The van der Waals surface area contributed by atoms with Gasteiger partial charge in [-0.2, -0.15) is 0 Å². The van der Waals surface area contributed by atoms with Crippen molar-refractivity contribution in [3.05, 3.63) is 29.0 Å². The average Bonchev–Trinajstić information content (AvgIpc) is 2.39. The summed E-state index contributed by atoms with van der Waals surface area (Å²) in [6, 6.07) is 3.14. The van der Waals surface area contributed by atoms with Crippen LogP contribution >= 0.6 is 11.6 Å². The largest absolute Gasteiger partial charge is 0.466 e. The molecule has 0 aliphatic rings. The van der Waals surface area contributed by atoms with Gasteiger partial charge in [-0.25, -0.2) is 17.1 Å². The standard InChI is InChI=1S/C12H15ClFNO4S/c1-3-19-12(16)6-7-15(2)20(17,18)9-4-5-11(14)10(13)8-9/h4-5,8H,3,6-7H2,1-2H3. The summed E-state index contributed by atoms with van der Waals surface area (Å²) >= 11 is 5.56. The van der Waals surface area contributed by atoms with Crippen molar-refractivity contribution in [2.45, 2.75) is 18.2 Å². The van der Waals surface area contributed by atoms with Gasteiger partial charge in [-0.05, 0) is 25.1 Å². The van der Waals surface area contributed by atoms with Gasteiger partial charge in [0, 0.05) is 13.6 Å². The molecule has 112 valence electrons. The summed E-state index contributed by atoms with van der Waals surface area (Å²) in [6.45, 7) is 1.87. The third kappa shape index (κ3) is 4.16. The SMILES string of the molecule is CCOC(=O)CCN(C)S(=O)(=O)c1ccc(F)c(Cl)c1. The number of carbonyl (C=O) groups excluding carboxylic acids is 1. The molecule has 0 N–H and O–H groups in total. The maximum absolute atomic E-state index is 13.0. The molecule has 1 rings (SSSR count). The maximum atomic E-state index is 13.0. The van der Waals surface area contributed by atoms with Gasteiger partial charge in [0.2, 0.25) is 10.0 Å². The number of hydrogen-bond donors (Lipinski definition) is 0. The maximum Gasteiger partial charge on any atom is 0.307 e. The Bertz CT molecular complexity index is 591. The Labute approximate surface area is 122 Å². The Balaban J connectivity index is 2.82. The molecule has 0 heterocycles. The van der Waals surface area contributed by atoms with Crippen LogP contribution in [0.1, 0.15) is 13.3 Å². The highest BCUT2D eigenvalue weighted by Gasteiger charge is 2.22. The van der Waals surface area contributed by atoms with Gasteiger partial charge in [0.25, 0.3) is 0 Å². The van der Waals surface area contributed by atoms with Gasteiger partial charge in [0.15, 0.2) is 0 Å². The molecule has 0 aliphatic heterocycles. The van der Waals surface area contributed by atoms with E-state index in [0.717, 1.165) is 22.5 Å². The van der Waals surface area contributed by atoms with E-state index in [9.17, 15) is 17.6 Å². The van der Waals surface area contributed by atoms with Gasteiger partial charge in [-0.1, -0.05) is 11.6 Å². The van der Waals surface area contributed by atoms with Gasteiger partial charge in [0.05, 0.1) is 22.9 Å². The predicted molar refractivity (Wildman–Crippen MR) is 72.5 cm³/mol. The van der Waals surface area contributed by atoms with E-state index in [1.807, 2.05) is 0 Å². The molecule has 0 bridgehead atoms. The number of esters is 1. The first-order chi connectivity index (χ1) is 9.28. The third-order valence-electron chi connectivity index (χ3n) is 2.54. The van der Waals surface area contributed by atoms with E-state index < -0.39 is 21.8 Å². The van der Waals surface area contributed by atoms with Crippen LogP contribution in [0.15, 0.2) is 23.1 Å². The van der Waals surface area contributed by atoms with Crippen LogP contribution in [0.5, 0.6) is 0 Å². The van der Waals surface area contributed by atoms with Crippen molar-refractivity contribution >= 4 is 27.6 Å². The lowest BCUT2D eigenvalue weighted by atomic mass is 10.3. The second kappa shape index (κ2) is 7.01. The zero-order chi connectivity index (χ0) is 15.3. The van der Waals surface area contributed by atoms with E-state index in [2.05, 4.69) is 0 Å². The minimum atomic E-state index is -3.81. The molecule has 0 radical (unpaired) electrons. The van der Waals surface area contributed by atoms with E-state index in [-0.39, 0.29) is 29.5 Å². The first kappa shape index (κ1) is 16.9. The van der Waals surface area contributed by atoms with E-state index in [1.54, 1.807) is 6.92 Å². The quantitative estimate of drug-likeness (QED) is 0.752. The molecule has 1 aromatic rings. The molecule has 20 heavy (non-hydrogen) atoms. The molecule has 0 amide bonds. The van der Waals surface area contributed by atoms with Crippen LogP contribution in [0.2, 0.25) is 5.02 Å². The predicted octanol–water partition coefficient (Wildman–Crippen LogP) is 2.05. The van der Waals surface area contributed by atoms with Crippen LogP contribution in [-0.2, 0) is 19.6 Å². The fraction of sp³-hybridized carbons (Fsp3) is 0.417. The van der Waals surface area contributed by atoms with Crippen LogP contribution < -0.4 is 0 Å². The molecule has 0 saturated carbocycles. The number of halogens is 2. The molecule has 8 heteroatoms. The summed E-state index contributed by atoms with van der Waals surface area (Å²) in [4.78, 5) is 11.1. The van der Waals surface area contributed by atoms with Crippen molar-refractivity contribution in [2.24, 2.45) is 0 Å². The van der Waals surface area contributed by atoms with Crippen molar-refractivity contribution < 1.29 is 22.3 Å². The molecule has 0 atom stereocenters. The smallest absolute Gasteiger partial charge is 0.307 e. The van der Waals surface area contributed by atoms with Crippen LogP contribution in [0, 0.1) is 5.82 Å². The van der Waals surface area contributed by atoms with E-state index in [4.69, 9.17) is 16.3 Å². The first-order valence-corrected chi connectivity index (χ1v) is 7.68. The van der Waals surface area contributed by atoms with Gasteiger partial charge in [0.1, 0.15) is 5.82 Å². The van der Waals surface area contributed by atoms with Crippen LogP contribution in [-0.4, -0.2) is 38.9 Å². The van der Waals surface area contributed by atoms with Crippen molar-refractivity contribution in [2.75, 3.05) is 20.2 Å². The van der Waals surface area contributed by atoms with Gasteiger partial charge >= 0.3 is 5.97 Å².